The summed E-state index contributed by atoms with van der Waals surface area (Å²) in [6.07, 6.45) is 0. The fourth-order valence-electron chi connectivity index (χ4n) is 3.94. The normalized spacial score (nSPS) is 12.1. The summed E-state index contributed by atoms with van der Waals surface area (Å²) in [6, 6.07) is 16.9. The van der Waals surface area contributed by atoms with Gasteiger partial charge in [0.05, 0.1) is 0 Å². The summed E-state index contributed by atoms with van der Waals surface area (Å²) in [5.41, 5.74) is 3.50. The van der Waals surface area contributed by atoms with E-state index in [0.29, 0.717) is 22.6 Å². The van der Waals surface area contributed by atoms with E-state index in [1.165, 1.54) is 18.2 Å². The molecule has 1 aliphatic carbocycles. The highest BCUT2D eigenvalue weighted by Gasteiger charge is 2.29. The topological polar surface area (TPSA) is 98.8 Å². The lowest BCUT2D eigenvalue weighted by Gasteiger charge is -2.18. The van der Waals surface area contributed by atoms with Gasteiger partial charge in [-0.1, -0.05) is 50.2 Å². The Bertz CT molecular complexity index is 1340. The lowest BCUT2D eigenvalue weighted by Crippen LogP contribution is -2.24. The Labute approximate surface area is 203 Å². The molecule has 35 heavy (non-hydrogen) atoms. The number of anilines is 1. The Morgan fingerprint density at radius 2 is 1.49 bits per heavy atom. The third kappa shape index (κ3) is 5.14. The SMILES string of the molecule is Cc1ccc(C(C)C)c(OCC(=O)OCC(=O)Nc2ccc3c(c2)C(=O)c2ccccc2C3=O)c1. The maximum absolute atomic E-state index is 12.8. The van der Waals surface area contributed by atoms with Crippen LogP contribution in [0.2, 0.25) is 0 Å². The molecule has 0 bridgehead atoms. The summed E-state index contributed by atoms with van der Waals surface area (Å²) >= 11 is 0. The fraction of sp³-hybridized carbons (Fsp3) is 0.214. The molecule has 7 nitrogen and oxygen atoms in total. The third-order valence-corrected chi connectivity index (χ3v) is 5.71. The molecule has 1 aliphatic rings. The van der Waals surface area contributed by atoms with Gasteiger partial charge in [0.25, 0.3) is 5.91 Å². The molecule has 7 heteroatoms. The van der Waals surface area contributed by atoms with Crippen LogP contribution in [0.15, 0.2) is 60.7 Å². The van der Waals surface area contributed by atoms with Crippen molar-refractivity contribution in [3.8, 4) is 5.75 Å². The van der Waals surface area contributed by atoms with Crippen molar-refractivity contribution in [2.24, 2.45) is 0 Å². The predicted octanol–water partition coefficient (Wildman–Crippen LogP) is 4.45. The Morgan fingerprint density at radius 1 is 0.829 bits per heavy atom. The molecule has 0 aromatic heterocycles. The molecule has 1 amide bonds. The van der Waals surface area contributed by atoms with Crippen LogP contribution in [0.5, 0.6) is 5.75 Å². The quantitative estimate of drug-likeness (QED) is 0.400. The maximum atomic E-state index is 12.8. The first kappa shape index (κ1) is 23.9. The second-order valence-corrected chi connectivity index (χ2v) is 8.66. The number of ketones is 2. The van der Waals surface area contributed by atoms with Gasteiger partial charge >= 0.3 is 5.97 Å². The maximum Gasteiger partial charge on any atom is 0.344 e. The van der Waals surface area contributed by atoms with Gasteiger partial charge in [0.2, 0.25) is 0 Å². The van der Waals surface area contributed by atoms with Crippen LogP contribution in [0, 0.1) is 6.92 Å². The zero-order valence-electron chi connectivity index (χ0n) is 19.7. The Balaban J connectivity index is 1.34. The highest BCUT2D eigenvalue weighted by molar-refractivity contribution is 6.28. The molecule has 4 rings (SSSR count). The molecular weight excluding hydrogens is 446 g/mol. The van der Waals surface area contributed by atoms with Gasteiger partial charge in [0.15, 0.2) is 24.8 Å². The molecule has 0 radical (unpaired) electrons. The summed E-state index contributed by atoms with van der Waals surface area (Å²) in [5.74, 6) is -0.954. The van der Waals surface area contributed by atoms with E-state index >= 15 is 0 Å². The minimum Gasteiger partial charge on any atom is -0.482 e. The van der Waals surface area contributed by atoms with Crippen LogP contribution in [-0.4, -0.2) is 36.7 Å². The van der Waals surface area contributed by atoms with Crippen LogP contribution in [-0.2, 0) is 14.3 Å². The van der Waals surface area contributed by atoms with E-state index in [1.807, 2.05) is 39.0 Å². The van der Waals surface area contributed by atoms with Crippen molar-refractivity contribution in [2.45, 2.75) is 26.7 Å². The molecule has 0 fully saturated rings. The van der Waals surface area contributed by atoms with Gasteiger partial charge in [-0.25, -0.2) is 4.79 Å². The summed E-state index contributed by atoms with van der Waals surface area (Å²) in [4.78, 5) is 50.0. The Hall–Kier alpha value is -4.26. The Morgan fingerprint density at radius 3 is 2.17 bits per heavy atom. The molecule has 178 valence electrons. The predicted molar refractivity (Wildman–Crippen MR) is 130 cm³/mol. The first-order valence-electron chi connectivity index (χ1n) is 11.3. The van der Waals surface area contributed by atoms with Crippen molar-refractivity contribution in [2.75, 3.05) is 18.5 Å². The largest absolute Gasteiger partial charge is 0.482 e. The lowest BCUT2D eigenvalue weighted by atomic mass is 9.84. The molecule has 3 aromatic carbocycles. The van der Waals surface area contributed by atoms with Gasteiger partial charge in [-0.05, 0) is 48.2 Å². The van der Waals surface area contributed by atoms with Crippen LogP contribution in [0.3, 0.4) is 0 Å². The average Bonchev–Trinajstić information content (AvgIpc) is 2.84. The van der Waals surface area contributed by atoms with Gasteiger partial charge in [0, 0.05) is 27.9 Å². The molecule has 0 spiro atoms. The number of fused-ring (bicyclic) bond motifs is 2. The van der Waals surface area contributed by atoms with Crippen molar-refractivity contribution in [1.82, 2.24) is 0 Å². The minimum atomic E-state index is -0.681. The van der Waals surface area contributed by atoms with E-state index in [-0.39, 0.29) is 35.2 Å². The van der Waals surface area contributed by atoms with E-state index in [9.17, 15) is 19.2 Å². The summed E-state index contributed by atoms with van der Waals surface area (Å²) in [6.45, 7) is 5.15. The summed E-state index contributed by atoms with van der Waals surface area (Å²) in [7, 11) is 0. The van der Waals surface area contributed by atoms with Crippen LogP contribution in [0.25, 0.3) is 0 Å². The van der Waals surface area contributed by atoms with Gasteiger partial charge in [-0.2, -0.15) is 0 Å². The van der Waals surface area contributed by atoms with E-state index in [4.69, 9.17) is 9.47 Å². The molecule has 0 saturated heterocycles. The standard InChI is InChI=1S/C28H25NO6/c1-16(2)19-10-8-17(3)12-24(19)34-15-26(31)35-14-25(30)29-18-9-11-22-23(13-18)28(33)21-7-5-4-6-20(21)27(22)32/h4-13,16H,14-15H2,1-3H3,(H,29,30). The zero-order chi connectivity index (χ0) is 25.1. The van der Waals surface area contributed by atoms with Crippen molar-refractivity contribution in [3.05, 3.63) is 94.0 Å². The number of rotatable bonds is 7. The van der Waals surface area contributed by atoms with E-state index < -0.39 is 18.5 Å². The molecule has 0 aliphatic heterocycles. The second kappa shape index (κ2) is 9.93. The van der Waals surface area contributed by atoms with Crippen LogP contribution < -0.4 is 10.1 Å². The number of aryl methyl sites for hydroxylation is 1. The van der Waals surface area contributed by atoms with Gasteiger partial charge < -0.3 is 14.8 Å². The number of benzene rings is 3. The van der Waals surface area contributed by atoms with Gasteiger partial charge in [0.1, 0.15) is 5.75 Å². The number of carbonyl (C=O) groups is 4. The molecule has 3 aromatic rings. The first-order valence-corrected chi connectivity index (χ1v) is 11.3. The smallest absolute Gasteiger partial charge is 0.344 e. The van der Waals surface area contributed by atoms with E-state index in [2.05, 4.69) is 5.32 Å². The number of nitrogens with one attached hydrogen (secondary N) is 1. The van der Waals surface area contributed by atoms with E-state index in [1.54, 1.807) is 24.3 Å². The number of hydrogen-bond donors (Lipinski definition) is 1. The van der Waals surface area contributed by atoms with Crippen molar-refractivity contribution < 1.29 is 28.7 Å². The monoisotopic (exact) mass is 471 g/mol. The molecular formula is C28H25NO6. The average molecular weight is 472 g/mol. The van der Waals surface area contributed by atoms with Crippen molar-refractivity contribution in [1.29, 1.82) is 0 Å². The van der Waals surface area contributed by atoms with Crippen molar-refractivity contribution in [3.63, 3.8) is 0 Å². The second-order valence-electron chi connectivity index (χ2n) is 8.66. The van der Waals surface area contributed by atoms with E-state index in [0.717, 1.165) is 11.1 Å². The van der Waals surface area contributed by atoms with Crippen LogP contribution >= 0.6 is 0 Å². The Kier molecular flexibility index (Phi) is 6.78. The zero-order valence-corrected chi connectivity index (χ0v) is 19.7. The first-order chi connectivity index (χ1) is 16.7. The number of amides is 1. The molecule has 0 heterocycles. The summed E-state index contributed by atoms with van der Waals surface area (Å²) in [5, 5.41) is 2.59. The number of esters is 1. The molecule has 1 N–H and O–H groups in total. The molecule has 0 unspecified atom stereocenters. The minimum absolute atomic E-state index is 0.219. The van der Waals surface area contributed by atoms with Gasteiger partial charge in [-0.3, -0.25) is 14.4 Å². The fourth-order valence-corrected chi connectivity index (χ4v) is 3.94. The third-order valence-electron chi connectivity index (χ3n) is 5.71. The lowest BCUT2D eigenvalue weighted by molar-refractivity contribution is -0.149. The number of hydrogen-bond acceptors (Lipinski definition) is 6. The highest BCUT2D eigenvalue weighted by Crippen LogP contribution is 2.29. The molecule has 0 saturated carbocycles. The summed E-state index contributed by atoms with van der Waals surface area (Å²) < 4.78 is 10.7. The van der Waals surface area contributed by atoms with Crippen LogP contribution in [0.1, 0.15) is 62.7 Å². The van der Waals surface area contributed by atoms with Crippen molar-refractivity contribution >= 4 is 29.1 Å². The van der Waals surface area contributed by atoms with Crippen LogP contribution in [0.4, 0.5) is 5.69 Å². The van der Waals surface area contributed by atoms with Gasteiger partial charge in [-0.15, -0.1) is 0 Å². The number of ether oxygens (including phenoxy) is 2. The highest BCUT2D eigenvalue weighted by atomic mass is 16.6. The number of carbonyl (C=O) groups excluding carboxylic acids is 4. The molecule has 0 atom stereocenters.